The van der Waals surface area contributed by atoms with Crippen molar-refractivity contribution in [3.63, 3.8) is 0 Å². The van der Waals surface area contributed by atoms with Crippen LogP contribution in [0, 0.1) is 5.92 Å². The van der Waals surface area contributed by atoms with E-state index in [1.807, 2.05) is 6.08 Å². The van der Waals surface area contributed by atoms with Crippen molar-refractivity contribution in [3.8, 4) is 0 Å². The van der Waals surface area contributed by atoms with E-state index in [1.165, 1.54) is 0 Å². The summed E-state index contributed by atoms with van der Waals surface area (Å²) in [4.78, 5) is 22.4. The number of hydrogen-bond donors (Lipinski definition) is 1. The lowest BCUT2D eigenvalue weighted by Gasteiger charge is -2.25. The molecule has 2 rings (SSSR count). The molecule has 1 N–H and O–H groups in total. The van der Waals surface area contributed by atoms with Gasteiger partial charge in [-0.3, -0.25) is 9.59 Å². The Hall–Kier alpha value is -1.38. The van der Waals surface area contributed by atoms with Gasteiger partial charge in [-0.15, -0.1) is 0 Å². The molecule has 14 heavy (non-hydrogen) atoms. The Balaban J connectivity index is 2.40. The van der Waals surface area contributed by atoms with Crippen molar-refractivity contribution in [2.24, 2.45) is 5.92 Å². The molecular weight excluding hydrogens is 180 g/mol. The van der Waals surface area contributed by atoms with E-state index in [2.05, 4.69) is 0 Å². The smallest absolute Gasteiger partial charge is 0.310 e. The average molecular weight is 192 g/mol. The zero-order valence-corrected chi connectivity index (χ0v) is 7.82. The molecule has 3 heteroatoms. The summed E-state index contributed by atoms with van der Waals surface area (Å²) in [7, 11) is 0. The van der Waals surface area contributed by atoms with Crippen LogP contribution < -0.4 is 0 Å². The minimum Gasteiger partial charge on any atom is -0.481 e. The third-order valence-corrected chi connectivity index (χ3v) is 2.88. The number of allylic oxidation sites excluding steroid dienone is 3. The quantitative estimate of drug-likeness (QED) is 0.687. The maximum Gasteiger partial charge on any atom is 0.310 e. The van der Waals surface area contributed by atoms with Crippen LogP contribution in [0.2, 0.25) is 0 Å². The normalized spacial score (nSPS) is 26.3. The van der Waals surface area contributed by atoms with E-state index in [1.54, 1.807) is 6.08 Å². The Morgan fingerprint density at radius 3 is 3.00 bits per heavy atom. The third-order valence-electron chi connectivity index (χ3n) is 2.88. The maximum atomic E-state index is 11.5. The molecular formula is C11H12O3. The predicted octanol–water partition coefficient (Wildman–Crippen LogP) is 1.70. The topological polar surface area (TPSA) is 54.4 Å². The van der Waals surface area contributed by atoms with Crippen molar-refractivity contribution >= 4 is 11.8 Å². The lowest BCUT2D eigenvalue weighted by molar-refractivity contribution is -0.140. The molecule has 0 saturated heterocycles. The first-order valence-electron chi connectivity index (χ1n) is 4.85. The van der Waals surface area contributed by atoms with Crippen LogP contribution in [-0.2, 0) is 9.59 Å². The molecule has 0 bridgehead atoms. The molecule has 0 saturated carbocycles. The lowest BCUT2D eigenvalue weighted by atomic mass is 9.78. The predicted molar refractivity (Wildman–Crippen MR) is 50.8 cm³/mol. The molecule has 0 amide bonds. The summed E-state index contributed by atoms with van der Waals surface area (Å²) >= 11 is 0. The van der Waals surface area contributed by atoms with E-state index >= 15 is 0 Å². The first kappa shape index (κ1) is 9.19. The molecule has 0 aromatic heterocycles. The molecule has 0 spiro atoms. The number of ketones is 1. The summed E-state index contributed by atoms with van der Waals surface area (Å²) in [5, 5.41) is 8.98. The van der Waals surface area contributed by atoms with Crippen LogP contribution >= 0.6 is 0 Å². The summed E-state index contributed by atoms with van der Waals surface area (Å²) in [6, 6.07) is 0. The number of Topliss-reactive ketones (excluding diaryl/α,β-unsaturated/α-hetero) is 1. The lowest BCUT2D eigenvalue weighted by Crippen LogP contribution is -2.24. The second-order valence-corrected chi connectivity index (χ2v) is 3.75. The van der Waals surface area contributed by atoms with Gasteiger partial charge in [-0.1, -0.05) is 12.2 Å². The van der Waals surface area contributed by atoms with Gasteiger partial charge in [0.25, 0.3) is 0 Å². The van der Waals surface area contributed by atoms with Crippen molar-refractivity contribution < 1.29 is 14.7 Å². The Bertz CT molecular complexity index is 350. The van der Waals surface area contributed by atoms with Gasteiger partial charge in [0.2, 0.25) is 0 Å². The van der Waals surface area contributed by atoms with E-state index in [0.29, 0.717) is 12.8 Å². The van der Waals surface area contributed by atoms with Crippen LogP contribution in [0.3, 0.4) is 0 Å². The van der Waals surface area contributed by atoms with Crippen LogP contribution in [0.1, 0.15) is 25.7 Å². The van der Waals surface area contributed by atoms with Gasteiger partial charge in [0.15, 0.2) is 5.78 Å². The van der Waals surface area contributed by atoms with Gasteiger partial charge in [-0.25, -0.2) is 0 Å². The molecule has 2 aliphatic rings. The van der Waals surface area contributed by atoms with Crippen LogP contribution in [0.15, 0.2) is 23.3 Å². The molecule has 1 atom stereocenters. The summed E-state index contributed by atoms with van der Waals surface area (Å²) in [5.41, 5.74) is 1.51. The highest BCUT2D eigenvalue weighted by Crippen LogP contribution is 2.34. The Kier molecular flexibility index (Phi) is 2.23. The molecule has 3 nitrogen and oxygen atoms in total. The average Bonchev–Trinajstić information content (AvgIpc) is 2.17. The van der Waals surface area contributed by atoms with Crippen LogP contribution in [0.4, 0.5) is 0 Å². The van der Waals surface area contributed by atoms with Crippen molar-refractivity contribution in [2.45, 2.75) is 25.7 Å². The fraction of sp³-hybridized carbons (Fsp3) is 0.455. The largest absolute Gasteiger partial charge is 0.481 e. The van der Waals surface area contributed by atoms with E-state index in [9.17, 15) is 9.59 Å². The first-order valence-corrected chi connectivity index (χ1v) is 4.85. The molecule has 1 unspecified atom stereocenters. The highest BCUT2D eigenvalue weighted by atomic mass is 16.4. The highest BCUT2D eigenvalue weighted by Gasteiger charge is 2.30. The number of hydrogen-bond acceptors (Lipinski definition) is 2. The Labute approximate surface area is 82.1 Å². The number of carboxylic acids is 1. The van der Waals surface area contributed by atoms with Gasteiger partial charge in [-0.05, 0) is 30.4 Å². The maximum absolute atomic E-state index is 11.5. The van der Waals surface area contributed by atoms with Crippen LogP contribution in [0.25, 0.3) is 0 Å². The summed E-state index contributed by atoms with van der Waals surface area (Å²) in [5.74, 6) is -1.16. The van der Waals surface area contributed by atoms with Crippen molar-refractivity contribution in [2.75, 3.05) is 0 Å². The molecule has 0 fully saturated rings. The number of aliphatic carboxylic acids is 1. The Morgan fingerprint density at radius 1 is 1.50 bits per heavy atom. The van der Waals surface area contributed by atoms with E-state index in [-0.39, 0.29) is 5.78 Å². The fourth-order valence-corrected chi connectivity index (χ4v) is 2.18. The number of carbonyl (C=O) groups is 2. The monoisotopic (exact) mass is 192 g/mol. The second-order valence-electron chi connectivity index (χ2n) is 3.75. The molecule has 0 heterocycles. The zero-order chi connectivity index (χ0) is 10.1. The molecule has 2 aliphatic carbocycles. The van der Waals surface area contributed by atoms with Gasteiger partial charge in [0, 0.05) is 6.42 Å². The Morgan fingerprint density at radius 2 is 2.29 bits per heavy atom. The molecule has 0 aromatic rings. The molecule has 0 radical (unpaired) electrons. The van der Waals surface area contributed by atoms with Crippen molar-refractivity contribution in [1.82, 2.24) is 0 Å². The molecule has 74 valence electrons. The van der Waals surface area contributed by atoms with E-state index < -0.39 is 11.9 Å². The van der Waals surface area contributed by atoms with E-state index in [0.717, 1.165) is 24.0 Å². The van der Waals surface area contributed by atoms with Gasteiger partial charge in [0.1, 0.15) is 0 Å². The number of carbonyl (C=O) groups excluding carboxylic acids is 1. The van der Waals surface area contributed by atoms with Crippen molar-refractivity contribution in [1.29, 1.82) is 0 Å². The molecule has 0 aliphatic heterocycles. The SMILES string of the molecule is O=C1CC=CC2=C1CCCC2C(=O)O. The van der Waals surface area contributed by atoms with Gasteiger partial charge >= 0.3 is 5.97 Å². The third kappa shape index (κ3) is 1.39. The minimum absolute atomic E-state index is 0.105. The summed E-state index contributed by atoms with van der Waals surface area (Å²) in [6.07, 6.45) is 6.24. The van der Waals surface area contributed by atoms with Gasteiger partial charge in [-0.2, -0.15) is 0 Å². The minimum atomic E-state index is -0.809. The van der Waals surface area contributed by atoms with Crippen LogP contribution in [-0.4, -0.2) is 16.9 Å². The standard InChI is InChI=1S/C11H12O3/c12-10-6-2-3-7-8(10)4-1-5-9(7)11(13)14/h2-3,9H,1,4-6H2,(H,13,14). The van der Waals surface area contributed by atoms with Gasteiger partial charge in [0.05, 0.1) is 5.92 Å². The first-order chi connectivity index (χ1) is 6.70. The number of rotatable bonds is 1. The zero-order valence-electron chi connectivity index (χ0n) is 7.82. The highest BCUT2D eigenvalue weighted by molar-refractivity contribution is 6.00. The number of carboxylic acid groups (broad SMARTS) is 1. The van der Waals surface area contributed by atoms with Crippen molar-refractivity contribution in [3.05, 3.63) is 23.3 Å². The fourth-order valence-electron chi connectivity index (χ4n) is 2.18. The van der Waals surface area contributed by atoms with E-state index in [4.69, 9.17) is 5.11 Å². The molecule has 0 aromatic carbocycles. The second kappa shape index (κ2) is 3.40. The summed E-state index contributed by atoms with van der Waals surface area (Å²) < 4.78 is 0. The van der Waals surface area contributed by atoms with Gasteiger partial charge < -0.3 is 5.11 Å². The van der Waals surface area contributed by atoms with Crippen LogP contribution in [0.5, 0.6) is 0 Å². The summed E-state index contributed by atoms with van der Waals surface area (Å²) in [6.45, 7) is 0.